The summed E-state index contributed by atoms with van der Waals surface area (Å²) in [6.07, 6.45) is 2.61. The monoisotopic (exact) mass is 445 g/mol. The molecule has 0 fully saturated rings. The van der Waals surface area contributed by atoms with Gasteiger partial charge >= 0.3 is 0 Å². The van der Waals surface area contributed by atoms with E-state index in [0.29, 0.717) is 0 Å². The van der Waals surface area contributed by atoms with Crippen LogP contribution >= 0.6 is 0 Å². The predicted molar refractivity (Wildman–Crippen MR) is 105 cm³/mol. The molecule has 0 radical (unpaired) electrons. The molecule has 0 saturated heterocycles. The first kappa shape index (κ1) is 20.1. The van der Waals surface area contributed by atoms with Crippen LogP contribution in [0, 0.1) is 11.6 Å². The molecule has 152 valence electrons. The molecule has 3 aromatic carbocycles. The molecular formula is C21H13F2NO4S2. The summed E-state index contributed by atoms with van der Waals surface area (Å²) in [5.41, 5.74) is 0. The van der Waals surface area contributed by atoms with Crippen molar-refractivity contribution in [2.45, 2.75) is 19.6 Å². The van der Waals surface area contributed by atoms with Gasteiger partial charge in [0.1, 0.15) is 11.6 Å². The summed E-state index contributed by atoms with van der Waals surface area (Å²) in [7, 11) is -8.12. The summed E-state index contributed by atoms with van der Waals surface area (Å²) < 4.78 is 78.8. The zero-order valence-corrected chi connectivity index (χ0v) is 16.8. The minimum Gasteiger partial charge on any atom is -0.264 e. The molecule has 4 aromatic rings. The van der Waals surface area contributed by atoms with Crippen molar-refractivity contribution in [1.29, 1.82) is 0 Å². The topological polar surface area (TPSA) is 81.2 Å². The SMILES string of the molecule is O=S(=O)(c1ccc(F)cc1)c1ccc(S(=O)(=O)c2ccc(F)cc2)c2cnccc12. The highest BCUT2D eigenvalue weighted by Crippen LogP contribution is 2.34. The van der Waals surface area contributed by atoms with Crippen molar-refractivity contribution in [3.8, 4) is 0 Å². The zero-order chi connectivity index (χ0) is 21.5. The van der Waals surface area contributed by atoms with Gasteiger partial charge in [0.05, 0.1) is 19.6 Å². The Morgan fingerprint density at radius 2 is 1.00 bits per heavy atom. The molecule has 5 nitrogen and oxygen atoms in total. The quantitative estimate of drug-likeness (QED) is 0.440. The molecule has 0 saturated carbocycles. The van der Waals surface area contributed by atoms with Crippen LogP contribution in [0.5, 0.6) is 0 Å². The fourth-order valence-electron chi connectivity index (χ4n) is 3.09. The van der Waals surface area contributed by atoms with E-state index < -0.39 is 31.3 Å². The number of nitrogens with zero attached hydrogens (tertiary/aromatic N) is 1. The van der Waals surface area contributed by atoms with E-state index in [-0.39, 0.29) is 30.4 Å². The third-order valence-corrected chi connectivity index (χ3v) is 8.22. The second-order valence-electron chi connectivity index (χ2n) is 6.40. The van der Waals surface area contributed by atoms with Crippen LogP contribution in [0.3, 0.4) is 0 Å². The fraction of sp³-hybridized carbons (Fsp3) is 0. The fourth-order valence-corrected chi connectivity index (χ4v) is 6.00. The Bertz CT molecular complexity index is 1350. The predicted octanol–water partition coefficient (Wildman–Crippen LogP) is 4.18. The first-order chi connectivity index (χ1) is 14.2. The maximum atomic E-state index is 13.2. The van der Waals surface area contributed by atoms with E-state index in [9.17, 15) is 25.6 Å². The minimum atomic E-state index is -4.07. The third-order valence-electron chi connectivity index (χ3n) is 4.56. The smallest absolute Gasteiger partial charge is 0.207 e. The Balaban J connectivity index is 1.95. The number of hydrogen-bond acceptors (Lipinski definition) is 5. The second-order valence-corrected chi connectivity index (χ2v) is 10.2. The van der Waals surface area contributed by atoms with Crippen molar-refractivity contribution in [2.24, 2.45) is 0 Å². The third kappa shape index (κ3) is 3.35. The largest absolute Gasteiger partial charge is 0.264 e. The van der Waals surface area contributed by atoms with E-state index in [4.69, 9.17) is 0 Å². The maximum Gasteiger partial charge on any atom is 0.207 e. The summed E-state index contributed by atoms with van der Waals surface area (Å²) in [4.78, 5) is 3.38. The number of rotatable bonds is 4. The number of fused-ring (bicyclic) bond motifs is 1. The summed E-state index contributed by atoms with van der Waals surface area (Å²) in [5, 5.41) is 0.252. The molecule has 0 amide bonds. The first-order valence-corrected chi connectivity index (χ1v) is 11.6. The Kier molecular flexibility index (Phi) is 4.87. The lowest BCUT2D eigenvalue weighted by Crippen LogP contribution is -2.07. The maximum absolute atomic E-state index is 13.2. The van der Waals surface area contributed by atoms with E-state index >= 15 is 0 Å². The van der Waals surface area contributed by atoms with Crippen molar-refractivity contribution < 1.29 is 25.6 Å². The molecule has 30 heavy (non-hydrogen) atoms. The second kappa shape index (κ2) is 7.26. The van der Waals surface area contributed by atoms with Crippen LogP contribution in [-0.2, 0) is 19.7 Å². The lowest BCUT2D eigenvalue weighted by Gasteiger charge is -2.12. The minimum absolute atomic E-state index is 0.102. The van der Waals surface area contributed by atoms with E-state index in [1.807, 2.05) is 0 Å². The van der Waals surface area contributed by atoms with Crippen LogP contribution in [0.1, 0.15) is 0 Å². The van der Waals surface area contributed by atoms with Crippen molar-refractivity contribution in [2.75, 3.05) is 0 Å². The lowest BCUT2D eigenvalue weighted by atomic mass is 10.2. The van der Waals surface area contributed by atoms with Gasteiger partial charge in [0, 0.05) is 23.2 Å². The van der Waals surface area contributed by atoms with E-state index in [1.54, 1.807) is 0 Å². The molecule has 0 unspecified atom stereocenters. The van der Waals surface area contributed by atoms with Gasteiger partial charge in [-0.25, -0.2) is 25.6 Å². The molecule has 0 aliphatic carbocycles. The number of pyridine rings is 1. The van der Waals surface area contributed by atoms with Crippen molar-refractivity contribution in [1.82, 2.24) is 4.98 Å². The highest BCUT2D eigenvalue weighted by Gasteiger charge is 2.26. The van der Waals surface area contributed by atoms with Crippen LogP contribution in [0.2, 0.25) is 0 Å². The molecule has 0 atom stereocenters. The number of halogens is 2. The molecule has 0 bridgehead atoms. The molecule has 0 spiro atoms. The molecule has 9 heteroatoms. The Labute approximate surface area is 171 Å². The van der Waals surface area contributed by atoms with E-state index in [0.717, 1.165) is 48.5 Å². The highest BCUT2D eigenvalue weighted by molar-refractivity contribution is 7.92. The van der Waals surface area contributed by atoms with Gasteiger partial charge in [-0.2, -0.15) is 0 Å². The van der Waals surface area contributed by atoms with Gasteiger partial charge in [-0.15, -0.1) is 0 Å². The van der Waals surface area contributed by atoms with Crippen LogP contribution in [0.15, 0.2) is 98.7 Å². The van der Waals surface area contributed by atoms with Gasteiger partial charge in [-0.05, 0) is 66.7 Å². The van der Waals surface area contributed by atoms with Gasteiger partial charge in [-0.3, -0.25) is 4.98 Å². The molecule has 1 heterocycles. The number of aromatic nitrogens is 1. The summed E-state index contributed by atoms with van der Waals surface area (Å²) in [6, 6.07) is 12.4. The molecule has 0 aliphatic heterocycles. The first-order valence-electron chi connectivity index (χ1n) is 8.59. The number of sulfone groups is 2. The number of hydrogen-bond donors (Lipinski definition) is 0. The average Bonchev–Trinajstić information content (AvgIpc) is 2.73. The van der Waals surface area contributed by atoms with Gasteiger partial charge < -0.3 is 0 Å². The van der Waals surface area contributed by atoms with Gasteiger partial charge in [0.2, 0.25) is 19.7 Å². The van der Waals surface area contributed by atoms with E-state index in [1.165, 1.54) is 30.6 Å². The number of benzene rings is 3. The van der Waals surface area contributed by atoms with Crippen LogP contribution in [0.25, 0.3) is 10.8 Å². The standard InChI is InChI=1S/C21H13F2NO4S2/c22-14-1-5-16(6-2-14)29(25,26)20-9-10-21(19-13-24-12-11-18(19)20)30(27,28)17-7-3-15(23)4-8-17/h1-13H. The summed E-state index contributed by atoms with van der Waals surface area (Å²) in [5.74, 6) is -1.16. The van der Waals surface area contributed by atoms with Crippen molar-refractivity contribution in [3.63, 3.8) is 0 Å². The molecule has 4 rings (SSSR count). The lowest BCUT2D eigenvalue weighted by molar-refractivity contribution is 0.592. The molecular weight excluding hydrogens is 432 g/mol. The van der Waals surface area contributed by atoms with E-state index in [2.05, 4.69) is 4.98 Å². The van der Waals surface area contributed by atoms with Crippen LogP contribution in [0.4, 0.5) is 8.78 Å². The summed E-state index contributed by atoms with van der Waals surface area (Å²) >= 11 is 0. The molecule has 0 N–H and O–H groups in total. The van der Waals surface area contributed by atoms with Gasteiger partial charge in [0.15, 0.2) is 0 Å². The van der Waals surface area contributed by atoms with Gasteiger partial charge in [-0.1, -0.05) is 0 Å². The van der Waals surface area contributed by atoms with Crippen molar-refractivity contribution in [3.05, 3.63) is 90.8 Å². The zero-order valence-electron chi connectivity index (χ0n) is 15.2. The Morgan fingerprint density at radius 1 is 0.567 bits per heavy atom. The normalized spacial score (nSPS) is 12.2. The Morgan fingerprint density at radius 3 is 1.47 bits per heavy atom. The summed E-state index contributed by atoms with van der Waals surface area (Å²) in [6.45, 7) is 0. The van der Waals surface area contributed by atoms with Crippen LogP contribution < -0.4 is 0 Å². The molecule has 1 aromatic heterocycles. The molecule has 0 aliphatic rings. The van der Waals surface area contributed by atoms with Gasteiger partial charge in [0.25, 0.3) is 0 Å². The average molecular weight is 445 g/mol. The Hall–Kier alpha value is -3.17. The van der Waals surface area contributed by atoms with Crippen LogP contribution in [-0.4, -0.2) is 21.8 Å². The highest BCUT2D eigenvalue weighted by atomic mass is 32.2. The van der Waals surface area contributed by atoms with Crippen molar-refractivity contribution >= 4 is 30.4 Å².